The largest absolute Gasteiger partial charge is 0.444 e. The predicted molar refractivity (Wildman–Crippen MR) is 81.4 cm³/mol. The molecule has 7 nitrogen and oxygen atoms in total. The zero-order valence-corrected chi connectivity index (χ0v) is 14.0. The van der Waals surface area contributed by atoms with Crippen LogP contribution in [0.15, 0.2) is 32.2 Å². The average Bonchev–Trinajstić information content (AvgIpc) is 2.93. The lowest BCUT2D eigenvalue weighted by atomic mass is 10.4. The summed E-state index contributed by atoms with van der Waals surface area (Å²) in [5.41, 5.74) is 0. The summed E-state index contributed by atoms with van der Waals surface area (Å²) in [6.45, 7) is 1.92. The van der Waals surface area contributed by atoms with Crippen molar-refractivity contribution in [3.05, 3.63) is 34.6 Å². The van der Waals surface area contributed by atoms with Gasteiger partial charge in [-0.1, -0.05) is 6.92 Å². The van der Waals surface area contributed by atoms with Crippen molar-refractivity contribution in [3.63, 3.8) is 0 Å². The molecule has 2 aromatic rings. The summed E-state index contributed by atoms with van der Waals surface area (Å²) in [6.07, 6.45) is 3.81. The SMILES string of the molecule is CCc1cnc(CNS(=O)(=O)c2cc(Br)cnc2NC)o1. The summed E-state index contributed by atoms with van der Waals surface area (Å²) in [7, 11) is -2.12. The van der Waals surface area contributed by atoms with Crippen LogP contribution < -0.4 is 10.0 Å². The Labute approximate surface area is 131 Å². The fourth-order valence-corrected chi connectivity index (χ4v) is 3.28. The summed E-state index contributed by atoms with van der Waals surface area (Å²) in [6, 6.07) is 1.48. The first-order chi connectivity index (χ1) is 9.96. The van der Waals surface area contributed by atoms with E-state index in [-0.39, 0.29) is 17.3 Å². The van der Waals surface area contributed by atoms with Crippen molar-refractivity contribution in [1.82, 2.24) is 14.7 Å². The third-order valence-electron chi connectivity index (χ3n) is 2.71. The lowest BCUT2D eigenvalue weighted by Crippen LogP contribution is -2.24. The fraction of sp³-hybridized carbons (Fsp3) is 0.333. The molecule has 0 bridgehead atoms. The predicted octanol–water partition coefficient (Wildman–Crippen LogP) is 1.91. The summed E-state index contributed by atoms with van der Waals surface area (Å²) in [4.78, 5) is 8.09. The van der Waals surface area contributed by atoms with Crippen LogP contribution in [0.2, 0.25) is 0 Å². The standard InChI is InChI=1S/C12H15BrN4O3S/c1-3-9-6-15-11(20-9)7-17-21(18,19)10-4-8(13)5-16-12(10)14-2/h4-6,17H,3,7H2,1-2H3,(H,14,16). The Balaban J connectivity index is 2.20. The van der Waals surface area contributed by atoms with Crippen molar-refractivity contribution in [2.24, 2.45) is 0 Å². The Morgan fingerprint density at radius 2 is 2.10 bits per heavy atom. The van der Waals surface area contributed by atoms with Gasteiger partial charge in [-0.15, -0.1) is 0 Å². The quantitative estimate of drug-likeness (QED) is 0.801. The van der Waals surface area contributed by atoms with Crippen molar-refractivity contribution in [2.75, 3.05) is 12.4 Å². The number of nitrogens with one attached hydrogen (secondary N) is 2. The second-order valence-corrected chi connectivity index (χ2v) is 6.80. The summed E-state index contributed by atoms with van der Waals surface area (Å²) < 4.78 is 33.1. The average molecular weight is 375 g/mol. The lowest BCUT2D eigenvalue weighted by Gasteiger charge is -2.09. The number of oxazole rings is 1. The number of aromatic nitrogens is 2. The second kappa shape index (κ2) is 6.54. The van der Waals surface area contributed by atoms with Crippen molar-refractivity contribution in [3.8, 4) is 0 Å². The molecule has 0 aliphatic carbocycles. The van der Waals surface area contributed by atoms with Gasteiger partial charge >= 0.3 is 0 Å². The number of rotatable bonds is 6. The third kappa shape index (κ3) is 3.80. The topological polar surface area (TPSA) is 97.1 Å². The molecule has 0 unspecified atom stereocenters. The van der Waals surface area contributed by atoms with E-state index >= 15 is 0 Å². The number of pyridine rings is 1. The number of hydrogen-bond donors (Lipinski definition) is 2. The van der Waals surface area contributed by atoms with Gasteiger partial charge in [0.2, 0.25) is 15.9 Å². The zero-order valence-electron chi connectivity index (χ0n) is 11.6. The first-order valence-corrected chi connectivity index (χ1v) is 8.50. The van der Waals surface area contributed by atoms with E-state index in [1.54, 1.807) is 13.2 Å². The molecule has 114 valence electrons. The maximum absolute atomic E-state index is 12.3. The van der Waals surface area contributed by atoms with Gasteiger partial charge < -0.3 is 9.73 Å². The van der Waals surface area contributed by atoms with Gasteiger partial charge in [0, 0.05) is 24.1 Å². The molecule has 0 aliphatic rings. The van der Waals surface area contributed by atoms with Gasteiger partial charge in [-0.05, 0) is 22.0 Å². The van der Waals surface area contributed by atoms with Gasteiger partial charge in [-0.2, -0.15) is 0 Å². The Hall–Kier alpha value is -1.45. The van der Waals surface area contributed by atoms with E-state index in [2.05, 4.69) is 35.9 Å². The minimum absolute atomic E-state index is 0.0159. The molecule has 2 heterocycles. The molecule has 0 atom stereocenters. The van der Waals surface area contributed by atoms with E-state index in [0.717, 1.165) is 0 Å². The molecule has 9 heteroatoms. The molecule has 0 aromatic carbocycles. The molecule has 0 fully saturated rings. The molecule has 0 saturated heterocycles. The van der Waals surface area contributed by atoms with Crippen molar-refractivity contribution in [2.45, 2.75) is 24.8 Å². The number of hydrogen-bond acceptors (Lipinski definition) is 6. The monoisotopic (exact) mass is 374 g/mol. The van der Waals surface area contributed by atoms with Crippen LogP contribution in [-0.2, 0) is 23.0 Å². The van der Waals surface area contributed by atoms with E-state index in [1.807, 2.05) is 6.92 Å². The molecule has 2 aromatic heterocycles. The van der Waals surface area contributed by atoms with Crippen LogP contribution in [-0.4, -0.2) is 25.4 Å². The van der Waals surface area contributed by atoms with Gasteiger partial charge in [0.25, 0.3) is 0 Å². The third-order valence-corrected chi connectivity index (χ3v) is 4.56. The van der Waals surface area contributed by atoms with Crippen molar-refractivity contribution < 1.29 is 12.8 Å². The summed E-state index contributed by atoms with van der Waals surface area (Å²) in [5.74, 6) is 1.31. The molecular weight excluding hydrogens is 360 g/mol. The molecule has 2 N–H and O–H groups in total. The van der Waals surface area contributed by atoms with Gasteiger partial charge in [0.1, 0.15) is 16.5 Å². The normalized spacial score (nSPS) is 11.6. The van der Waals surface area contributed by atoms with Gasteiger partial charge in [0.05, 0.1) is 12.7 Å². The number of anilines is 1. The van der Waals surface area contributed by atoms with E-state index in [1.165, 1.54) is 12.3 Å². The van der Waals surface area contributed by atoms with Gasteiger partial charge in [0.15, 0.2) is 0 Å². The molecule has 0 amide bonds. The highest BCUT2D eigenvalue weighted by Gasteiger charge is 2.20. The number of halogens is 1. The van der Waals surface area contributed by atoms with E-state index < -0.39 is 10.0 Å². The second-order valence-electron chi connectivity index (χ2n) is 4.15. The molecular formula is C12H15BrN4O3S. The molecule has 2 rings (SSSR count). The summed E-state index contributed by atoms with van der Waals surface area (Å²) in [5, 5.41) is 2.75. The van der Waals surface area contributed by atoms with Crippen LogP contribution in [0.1, 0.15) is 18.6 Å². The number of sulfonamides is 1. The molecule has 0 spiro atoms. The molecule has 0 aliphatic heterocycles. The Morgan fingerprint density at radius 3 is 2.71 bits per heavy atom. The first kappa shape index (κ1) is 15.9. The molecule has 0 radical (unpaired) electrons. The van der Waals surface area contributed by atoms with Gasteiger partial charge in [-0.25, -0.2) is 23.1 Å². The molecule has 21 heavy (non-hydrogen) atoms. The smallest absolute Gasteiger partial charge is 0.244 e. The van der Waals surface area contributed by atoms with E-state index in [4.69, 9.17) is 4.42 Å². The van der Waals surface area contributed by atoms with Crippen LogP contribution in [0.3, 0.4) is 0 Å². The van der Waals surface area contributed by atoms with Crippen molar-refractivity contribution in [1.29, 1.82) is 0 Å². The maximum Gasteiger partial charge on any atom is 0.244 e. The van der Waals surface area contributed by atoms with Crippen LogP contribution in [0.25, 0.3) is 0 Å². The Kier molecular flexibility index (Phi) is 4.96. The van der Waals surface area contributed by atoms with E-state index in [0.29, 0.717) is 22.5 Å². The maximum atomic E-state index is 12.3. The van der Waals surface area contributed by atoms with Crippen LogP contribution in [0.4, 0.5) is 5.82 Å². The van der Waals surface area contributed by atoms with Crippen molar-refractivity contribution >= 4 is 31.8 Å². The van der Waals surface area contributed by atoms with Crippen LogP contribution >= 0.6 is 15.9 Å². The summed E-state index contributed by atoms with van der Waals surface area (Å²) >= 11 is 3.21. The van der Waals surface area contributed by atoms with E-state index in [9.17, 15) is 8.42 Å². The lowest BCUT2D eigenvalue weighted by molar-refractivity contribution is 0.452. The highest BCUT2D eigenvalue weighted by Crippen LogP contribution is 2.22. The first-order valence-electron chi connectivity index (χ1n) is 6.22. The highest BCUT2D eigenvalue weighted by molar-refractivity contribution is 9.10. The zero-order chi connectivity index (χ0) is 15.5. The fourth-order valence-electron chi connectivity index (χ4n) is 1.64. The van der Waals surface area contributed by atoms with Gasteiger partial charge in [-0.3, -0.25) is 0 Å². The number of nitrogens with zero attached hydrogens (tertiary/aromatic N) is 2. The minimum Gasteiger partial charge on any atom is -0.444 e. The van der Waals surface area contributed by atoms with Crippen LogP contribution in [0.5, 0.6) is 0 Å². The molecule has 0 saturated carbocycles. The van der Waals surface area contributed by atoms with Crippen LogP contribution in [0, 0.1) is 0 Å². The minimum atomic E-state index is -3.73. The Bertz CT molecular complexity index is 730. The highest BCUT2D eigenvalue weighted by atomic mass is 79.9. The number of aryl methyl sites for hydroxylation is 1. The Morgan fingerprint density at radius 1 is 1.33 bits per heavy atom.